The summed E-state index contributed by atoms with van der Waals surface area (Å²) in [6.45, 7) is 2.13. The van der Waals surface area contributed by atoms with Gasteiger partial charge in [0.05, 0.1) is 4.90 Å². The third-order valence-corrected chi connectivity index (χ3v) is 4.78. The number of likely N-dealkylation sites (tertiary alicyclic amines) is 1. The molecular formula is C15H19NO4S. The van der Waals surface area contributed by atoms with Crippen molar-refractivity contribution in [1.82, 2.24) is 4.90 Å². The van der Waals surface area contributed by atoms with Gasteiger partial charge in [-0.05, 0) is 38.0 Å². The number of carbonyl (C=O) groups is 2. The number of nitrogens with zero attached hydrogens (tertiary/aromatic N) is 1. The minimum Gasteiger partial charge on any atom is -0.335 e. The maximum Gasteiger partial charge on any atom is 0.254 e. The number of sulfone groups is 1. The summed E-state index contributed by atoms with van der Waals surface area (Å²) in [6, 6.07) is 5.99. The van der Waals surface area contributed by atoms with Crippen molar-refractivity contribution in [3.8, 4) is 0 Å². The molecule has 1 aliphatic rings. The van der Waals surface area contributed by atoms with Crippen molar-refractivity contribution in [2.45, 2.75) is 37.1 Å². The highest BCUT2D eigenvalue weighted by Gasteiger charge is 2.30. The van der Waals surface area contributed by atoms with Gasteiger partial charge in [0.15, 0.2) is 9.84 Å². The molecule has 0 radical (unpaired) electrons. The lowest BCUT2D eigenvalue weighted by Crippen LogP contribution is -2.36. The number of Topliss-reactive ketones (excluding diaryl/α,β-unsaturated/α-hetero) is 1. The first kappa shape index (κ1) is 15.7. The molecule has 21 heavy (non-hydrogen) atoms. The fourth-order valence-corrected chi connectivity index (χ4v) is 3.34. The fraction of sp³-hybridized carbons (Fsp3) is 0.467. The zero-order valence-electron chi connectivity index (χ0n) is 12.2. The molecule has 1 aromatic rings. The topological polar surface area (TPSA) is 71.5 Å². The predicted molar refractivity (Wildman–Crippen MR) is 78.9 cm³/mol. The normalized spacial score (nSPS) is 18.8. The third-order valence-electron chi connectivity index (χ3n) is 3.67. The van der Waals surface area contributed by atoms with Crippen LogP contribution in [0.25, 0.3) is 0 Å². The number of benzene rings is 1. The molecule has 114 valence electrons. The number of hydrogen-bond donors (Lipinski definition) is 0. The summed E-state index contributed by atoms with van der Waals surface area (Å²) < 4.78 is 23.1. The van der Waals surface area contributed by atoms with Gasteiger partial charge in [-0.2, -0.15) is 0 Å². The Balaban J connectivity index is 2.25. The molecule has 1 atom stereocenters. The van der Waals surface area contributed by atoms with E-state index >= 15 is 0 Å². The van der Waals surface area contributed by atoms with Crippen LogP contribution in [0, 0.1) is 0 Å². The first-order valence-corrected chi connectivity index (χ1v) is 8.78. The fourth-order valence-electron chi connectivity index (χ4n) is 2.67. The number of carbonyl (C=O) groups excluding carboxylic acids is 2. The first-order valence-electron chi connectivity index (χ1n) is 6.89. The molecule has 6 heteroatoms. The zero-order valence-corrected chi connectivity index (χ0v) is 13.0. The number of amides is 1. The predicted octanol–water partition coefficient (Wildman–Crippen LogP) is 1.67. The average molecular weight is 309 g/mol. The lowest BCUT2D eigenvalue weighted by Gasteiger charge is -2.24. The van der Waals surface area contributed by atoms with E-state index in [4.69, 9.17) is 0 Å². The van der Waals surface area contributed by atoms with Crippen molar-refractivity contribution in [2.75, 3.05) is 12.8 Å². The van der Waals surface area contributed by atoms with Crippen molar-refractivity contribution in [3.05, 3.63) is 29.8 Å². The molecule has 1 aliphatic heterocycles. The maximum absolute atomic E-state index is 12.5. The number of hydrogen-bond acceptors (Lipinski definition) is 4. The molecule has 1 heterocycles. The van der Waals surface area contributed by atoms with Crippen molar-refractivity contribution < 1.29 is 18.0 Å². The van der Waals surface area contributed by atoms with Crippen LogP contribution in [0.5, 0.6) is 0 Å². The molecule has 1 unspecified atom stereocenters. The molecule has 1 fully saturated rings. The second kappa shape index (κ2) is 5.97. The molecule has 1 amide bonds. The number of rotatable bonds is 4. The summed E-state index contributed by atoms with van der Waals surface area (Å²) >= 11 is 0. The lowest BCUT2D eigenvalue weighted by molar-refractivity contribution is -0.117. The highest BCUT2D eigenvalue weighted by atomic mass is 32.2. The van der Waals surface area contributed by atoms with Gasteiger partial charge >= 0.3 is 0 Å². The highest BCUT2D eigenvalue weighted by molar-refractivity contribution is 7.90. The summed E-state index contributed by atoms with van der Waals surface area (Å²) in [6.07, 6.45) is 3.16. The van der Waals surface area contributed by atoms with Crippen LogP contribution in [-0.4, -0.2) is 43.9 Å². The van der Waals surface area contributed by atoms with Crippen molar-refractivity contribution in [3.63, 3.8) is 0 Å². The van der Waals surface area contributed by atoms with E-state index in [1.807, 2.05) is 0 Å². The molecule has 0 spiro atoms. The molecule has 5 nitrogen and oxygen atoms in total. The third kappa shape index (κ3) is 3.69. The Kier molecular flexibility index (Phi) is 4.46. The molecule has 1 aromatic carbocycles. The Morgan fingerprint density at radius 1 is 1.33 bits per heavy atom. The highest BCUT2D eigenvalue weighted by Crippen LogP contribution is 2.23. The van der Waals surface area contributed by atoms with E-state index in [-0.39, 0.29) is 22.6 Å². The largest absolute Gasteiger partial charge is 0.335 e. The second-order valence-electron chi connectivity index (χ2n) is 5.50. The summed E-state index contributed by atoms with van der Waals surface area (Å²) in [7, 11) is -3.34. The first-order chi connectivity index (χ1) is 9.79. The van der Waals surface area contributed by atoms with Crippen LogP contribution in [0.3, 0.4) is 0 Å². The van der Waals surface area contributed by atoms with E-state index in [9.17, 15) is 18.0 Å². The molecule has 2 rings (SSSR count). The molecule has 1 saturated heterocycles. The van der Waals surface area contributed by atoms with Gasteiger partial charge in [-0.25, -0.2) is 8.42 Å². The van der Waals surface area contributed by atoms with E-state index in [1.54, 1.807) is 17.0 Å². The summed E-state index contributed by atoms with van der Waals surface area (Å²) in [5, 5.41) is 0. The summed E-state index contributed by atoms with van der Waals surface area (Å²) in [5.41, 5.74) is 0.355. The molecule has 0 bridgehead atoms. The van der Waals surface area contributed by atoms with Gasteiger partial charge < -0.3 is 4.90 Å². The lowest BCUT2D eigenvalue weighted by atomic mass is 10.1. The Bertz CT molecular complexity index is 666. The SMILES string of the molecule is CC(=O)CC1CCCN1C(=O)c1cccc(S(C)(=O)=O)c1. The van der Waals surface area contributed by atoms with Crippen LogP contribution >= 0.6 is 0 Å². The Morgan fingerprint density at radius 2 is 2.05 bits per heavy atom. The van der Waals surface area contributed by atoms with Gasteiger partial charge in [0.1, 0.15) is 5.78 Å². The van der Waals surface area contributed by atoms with Gasteiger partial charge in [0.25, 0.3) is 5.91 Å². The monoisotopic (exact) mass is 309 g/mol. The Hall–Kier alpha value is -1.69. The summed E-state index contributed by atoms with van der Waals surface area (Å²) in [5.74, 6) is -0.145. The Morgan fingerprint density at radius 3 is 2.67 bits per heavy atom. The van der Waals surface area contributed by atoms with Crippen molar-refractivity contribution >= 4 is 21.5 Å². The van der Waals surface area contributed by atoms with E-state index in [2.05, 4.69) is 0 Å². The van der Waals surface area contributed by atoms with Crippen LogP contribution in [0.2, 0.25) is 0 Å². The van der Waals surface area contributed by atoms with E-state index in [1.165, 1.54) is 19.1 Å². The van der Waals surface area contributed by atoms with Crippen molar-refractivity contribution in [1.29, 1.82) is 0 Å². The molecule has 0 N–H and O–H groups in total. The second-order valence-corrected chi connectivity index (χ2v) is 7.52. The van der Waals surface area contributed by atoms with Gasteiger partial charge in [-0.1, -0.05) is 6.07 Å². The molecule has 0 saturated carbocycles. The van der Waals surface area contributed by atoms with Crippen LogP contribution in [0.1, 0.15) is 36.5 Å². The summed E-state index contributed by atoms with van der Waals surface area (Å²) in [4.78, 5) is 25.6. The number of ketones is 1. The smallest absolute Gasteiger partial charge is 0.254 e. The van der Waals surface area contributed by atoms with Crippen LogP contribution in [0.15, 0.2) is 29.2 Å². The van der Waals surface area contributed by atoms with Crippen molar-refractivity contribution in [2.24, 2.45) is 0 Å². The zero-order chi connectivity index (χ0) is 15.6. The average Bonchev–Trinajstić information content (AvgIpc) is 2.84. The minimum atomic E-state index is -3.34. The van der Waals surface area contributed by atoms with Crippen LogP contribution < -0.4 is 0 Å². The minimum absolute atomic E-state index is 0.0598. The van der Waals surface area contributed by atoms with E-state index < -0.39 is 9.84 Å². The Labute approximate surface area is 124 Å². The van der Waals surface area contributed by atoms with Gasteiger partial charge in [0.2, 0.25) is 0 Å². The maximum atomic E-state index is 12.5. The van der Waals surface area contributed by atoms with Gasteiger partial charge in [-0.3, -0.25) is 9.59 Å². The van der Waals surface area contributed by atoms with E-state index in [0.29, 0.717) is 18.5 Å². The molecule has 0 aliphatic carbocycles. The van der Waals surface area contributed by atoms with E-state index in [0.717, 1.165) is 19.1 Å². The molecule has 0 aromatic heterocycles. The van der Waals surface area contributed by atoms with Gasteiger partial charge in [-0.15, -0.1) is 0 Å². The van der Waals surface area contributed by atoms with Gasteiger partial charge in [0, 0.05) is 30.8 Å². The van der Waals surface area contributed by atoms with Crippen LogP contribution in [0.4, 0.5) is 0 Å². The standard InChI is InChI=1S/C15H19NO4S/c1-11(17)9-13-6-4-8-16(13)15(18)12-5-3-7-14(10-12)21(2,19)20/h3,5,7,10,13H,4,6,8-9H2,1-2H3. The molecular weight excluding hydrogens is 290 g/mol. The van der Waals surface area contributed by atoms with Crippen LogP contribution in [-0.2, 0) is 14.6 Å². The quantitative estimate of drug-likeness (QED) is 0.848.